The van der Waals surface area contributed by atoms with Crippen LogP contribution in [-0.2, 0) is 14.4 Å². The molecule has 140 valence electrons. The van der Waals surface area contributed by atoms with E-state index >= 15 is 0 Å². The number of hydrogen-bond donors (Lipinski definition) is 2. The van der Waals surface area contributed by atoms with Crippen LogP contribution in [0.3, 0.4) is 0 Å². The number of rotatable bonds is 3. The van der Waals surface area contributed by atoms with E-state index in [1.807, 2.05) is 4.90 Å². The van der Waals surface area contributed by atoms with Gasteiger partial charge in [-0.1, -0.05) is 6.42 Å². The van der Waals surface area contributed by atoms with Gasteiger partial charge in [0.25, 0.3) is 0 Å². The van der Waals surface area contributed by atoms with Crippen molar-refractivity contribution in [3.05, 3.63) is 0 Å². The fourth-order valence-corrected chi connectivity index (χ4v) is 4.75. The van der Waals surface area contributed by atoms with Gasteiger partial charge in [-0.2, -0.15) is 0 Å². The topological polar surface area (TPSA) is 110 Å². The highest BCUT2D eigenvalue weighted by atomic mass is 16.2. The zero-order chi connectivity index (χ0) is 18.0. The normalized spacial score (nSPS) is 29.7. The van der Waals surface area contributed by atoms with Gasteiger partial charge >= 0.3 is 0 Å². The number of hydrogen-bond acceptors (Lipinski definition) is 4. The van der Waals surface area contributed by atoms with Crippen molar-refractivity contribution in [1.29, 1.82) is 0 Å². The van der Waals surface area contributed by atoms with Crippen molar-refractivity contribution in [2.75, 3.05) is 26.2 Å². The molecule has 0 radical (unpaired) electrons. The van der Waals surface area contributed by atoms with Gasteiger partial charge in [0, 0.05) is 38.0 Å². The second-order valence-corrected chi connectivity index (χ2v) is 8.17. The standard InChI is InChI=1S/C18H30N4O3/c19-14-3-1-2-13(10-14)17(25)21-8-6-18(7-9-21)5-4-16(24)22(12-18)11-15(20)23/h13-14H,1-12,19H2,(H2,20,23)/t13-,14+/m1/s1. The average molecular weight is 350 g/mol. The summed E-state index contributed by atoms with van der Waals surface area (Å²) in [6.45, 7) is 2.07. The minimum Gasteiger partial charge on any atom is -0.368 e. The number of carbonyl (C=O) groups is 3. The molecule has 0 aromatic carbocycles. The Morgan fingerprint density at radius 3 is 2.52 bits per heavy atom. The monoisotopic (exact) mass is 350 g/mol. The van der Waals surface area contributed by atoms with E-state index in [-0.39, 0.29) is 35.7 Å². The van der Waals surface area contributed by atoms with Gasteiger partial charge in [-0.25, -0.2) is 0 Å². The molecule has 0 aromatic rings. The van der Waals surface area contributed by atoms with Crippen LogP contribution in [-0.4, -0.2) is 59.7 Å². The smallest absolute Gasteiger partial charge is 0.237 e. The molecule has 7 heteroatoms. The summed E-state index contributed by atoms with van der Waals surface area (Å²) >= 11 is 0. The summed E-state index contributed by atoms with van der Waals surface area (Å²) in [4.78, 5) is 39.6. The van der Waals surface area contributed by atoms with Crippen LogP contribution in [0.2, 0.25) is 0 Å². The van der Waals surface area contributed by atoms with Crippen LogP contribution in [0.15, 0.2) is 0 Å². The number of piperidine rings is 2. The van der Waals surface area contributed by atoms with E-state index < -0.39 is 5.91 Å². The van der Waals surface area contributed by atoms with E-state index in [1.165, 1.54) is 0 Å². The van der Waals surface area contributed by atoms with Gasteiger partial charge in [-0.05, 0) is 43.9 Å². The van der Waals surface area contributed by atoms with Gasteiger partial charge < -0.3 is 21.3 Å². The summed E-state index contributed by atoms with van der Waals surface area (Å²) in [5, 5.41) is 0. The third-order valence-electron chi connectivity index (χ3n) is 6.29. The second-order valence-electron chi connectivity index (χ2n) is 8.17. The third kappa shape index (κ3) is 4.14. The van der Waals surface area contributed by atoms with Crippen LogP contribution in [0.25, 0.3) is 0 Å². The molecule has 3 rings (SSSR count). The lowest BCUT2D eigenvalue weighted by Gasteiger charge is -2.47. The van der Waals surface area contributed by atoms with Gasteiger partial charge in [0.15, 0.2) is 0 Å². The molecule has 3 fully saturated rings. The summed E-state index contributed by atoms with van der Waals surface area (Å²) in [5.41, 5.74) is 11.3. The zero-order valence-electron chi connectivity index (χ0n) is 14.9. The number of likely N-dealkylation sites (tertiary alicyclic amines) is 2. The molecule has 1 saturated carbocycles. The quantitative estimate of drug-likeness (QED) is 0.758. The molecular formula is C18H30N4O3. The molecule has 2 aliphatic heterocycles. The molecule has 4 N–H and O–H groups in total. The molecule has 2 atom stereocenters. The Balaban J connectivity index is 1.56. The van der Waals surface area contributed by atoms with Crippen LogP contribution >= 0.6 is 0 Å². The molecule has 0 unspecified atom stereocenters. The Bertz CT molecular complexity index is 542. The Morgan fingerprint density at radius 1 is 1.16 bits per heavy atom. The van der Waals surface area contributed by atoms with Crippen molar-refractivity contribution in [2.24, 2.45) is 22.8 Å². The molecule has 2 heterocycles. The lowest BCUT2D eigenvalue weighted by molar-refractivity contribution is -0.146. The van der Waals surface area contributed by atoms with Crippen molar-refractivity contribution >= 4 is 17.7 Å². The Kier molecular flexibility index (Phi) is 5.32. The van der Waals surface area contributed by atoms with Crippen LogP contribution in [0, 0.1) is 11.3 Å². The lowest BCUT2D eigenvalue weighted by atomic mass is 9.72. The molecule has 0 bridgehead atoms. The number of primary amides is 1. The first-order chi connectivity index (χ1) is 11.9. The van der Waals surface area contributed by atoms with E-state index in [1.54, 1.807) is 4.90 Å². The Hall–Kier alpha value is -1.63. The van der Waals surface area contributed by atoms with Gasteiger partial charge in [-0.3, -0.25) is 14.4 Å². The molecule has 2 saturated heterocycles. The van der Waals surface area contributed by atoms with Crippen LogP contribution < -0.4 is 11.5 Å². The van der Waals surface area contributed by atoms with Crippen molar-refractivity contribution in [3.63, 3.8) is 0 Å². The molecule has 3 amide bonds. The zero-order valence-corrected chi connectivity index (χ0v) is 14.9. The largest absolute Gasteiger partial charge is 0.368 e. The summed E-state index contributed by atoms with van der Waals surface area (Å²) in [6.07, 6.45) is 6.92. The SMILES string of the molecule is NC(=O)CN1CC2(CCC1=O)CCN(C(=O)[C@@H]1CCC[C@H](N)C1)CC2. The third-order valence-corrected chi connectivity index (χ3v) is 6.29. The summed E-state index contributed by atoms with van der Waals surface area (Å²) in [5.74, 6) is -0.117. The molecule has 1 aliphatic carbocycles. The minimum atomic E-state index is -0.466. The van der Waals surface area contributed by atoms with E-state index in [2.05, 4.69) is 0 Å². The average Bonchev–Trinajstić information content (AvgIpc) is 2.58. The lowest BCUT2D eigenvalue weighted by Crippen LogP contribution is -2.54. The van der Waals surface area contributed by atoms with Crippen molar-refractivity contribution in [3.8, 4) is 0 Å². The van der Waals surface area contributed by atoms with Crippen LogP contribution in [0.4, 0.5) is 0 Å². The Labute approximate surface area is 149 Å². The van der Waals surface area contributed by atoms with E-state index in [0.29, 0.717) is 13.0 Å². The molecule has 3 aliphatic rings. The molecule has 7 nitrogen and oxygen atoms in total. The molecule has 25 heavy (non-hydrogen) atoms. The predicted octanol–water partition coefficient (Wildman–Crippen LogP) is 0.220. The highest BCUT2D eigenvalue weighted by Gasteiger charge is 2.42. The van der Waals surface area contributed by atoms with E-state index in [9.17, 15) is 14.4 Å². The summed E-state index contributed by atoms with van der Waals surface area (Å²) < 4.78 is 0. The fraction of sp³-hybridized carbons (Fsp3) is 0.833. The maximum Gasteiger partial charge on any atom is 0.237 e. The van der Waals surface area contributed by atoms with E-state index in [0.717, 1.165) is 58.0 Å². The van der Waals surface area contributed by atoms with E-state index in [4.69, 9.17) is 11.5 Å². The fourth-order valence-electron chi connectivity index (χ4n) is 4.75. The van der Waals surface area contributed by atoms with Gasteiger partial charge in [0.05, 0.1) is 6.54 Å². The first-order valence-corrected chi connectivity index (χ1v) is 9.49. The molecule has 1 spiro atoms. The van der Waals surface area contributed by atoms with Crippen molar-refractivity contribution in [2.45, 2.75) is 57.4 Å². The maximum absolute atomic E-state index is 12.8. The highest BCUT2D eigenvalue weighted by molar-refractivity contribution is 5.84. The van der Waals surface area contributed by atoms with Crippen LogP contribution in [0.5, 0.6) is 0 Å². The number of carbonyl (C=O) groups excluding carboxylic acids is 3. The van der Waals surface area contributed by atoms with Gasteiger partial charge in [0.2, 0.25) is 17.7 Å². The van der Waals surface area contributed by atoms with Gasteiger partial charge in [-0.15, -0.1) is 0 Å². The van der Waals surface area contributed by atoms with Crippen molar-refractivity contribution in [1.82, 2.24) is 9.80 Å². The molecular weight excluding hydrogens is 320 g/mol. The second kappa shape index (κ2) is 7.32. The maximum atomic E-state index is 12.8. The molecule has 0 aromatic heterocycles. The minimum absolute atomic E-state index is 0.00317. The highest BCUT2D eigenvalue weighted by Crippen LogP contribution is 2.40. The number of nitrogens with zero attached hydrogens (tertiary/aromatic N) is 2. The summed E-state index contributed by atoms with van der Waals surface area (Å²) in [7, 11) is 0. The number of nitrogens with two attached hydrogens (primary N) is 2. The number of amides is 3. The predicted molar refractivity (Wildman–Crippen MR) is 93.2 cm³/mol. The van der Waals surface area contributed by atoms with Crippen LogP contribution in [0.1, 0.15) is 51.4 Å². The van der Waals surface area contributed by atoms with Gasteiger partial charge in [0.1, 0.15) is 0 Å². The first kappa shape index (κ1) is 18.2. The first-order valence-electron chi connectivity index (χ1n) is 9.49. The Morgan fingerprint density at radius 2 is 1.88 bits per heavy atom. The summed E-state index contributed by atoms with van der Waals surface area (Å²) in [6, 6.07) is 0.158. The van der Waals surface area contributed by atoms with Crippen molar-refractivity contribution < 1.29 is 14.4 Å².